The van der Waals surface area contributed by atoms with Gasteiger partial charge in [-0.1, -0.05) is 53.5 Å². The van der Waals surface area contributed by atoms with Crippen molar-refractivity contribution in [1.29, 1.82) is 0 Å². The quantitative estimate of drug-likeness (QED) is 0.339. The van der Waals surface area contributed by atoms with E-state index in [1.54, 1.807) is 48.3 Å². The summed E-state index contributed by atoms with van der Waals surface area (Å²) < 4.78 is 53.0. The van der Waals surface area contributed by atoms with E-state index in [9.17, 15) is 22.4 Å². The number of carbonyl (C=O) groups is 1. The first-order valence-corrected chi connectivity index (χ1v) is 11.7. The summed E-state index contributed by atoms with van der Waals surface area (Å²) >= 11 is 12.3. The van der Waals surface area contributed by atoms with Crippen LogP contribution in [0.5, 0.6) is 0 Å². The van der Waals surface area contributed by atoms with Crippen molar-refractivity contribution < 1.29 is 22.4 Å². The zero-order chi connectivity index (χ0) is 25.3. The molecule has 9 heteroatoms. The van der Waals surface area contributed by atoms with Crippen molar-refractivity contribution in [3.63, 3.8) is 0 Å². The molecule has 1 aliphatic heterocycles. The van der Waals surface area contributed by atoms with Crippen LogP contribution in [0.2, 0.25) is 10.0 Å². The summed E-state index contributed by atoms with van der Waals surface area (Å²) in [4.78, 5) is 16.8. The average Bonchev–Trinajstić information content (AvgIpc) is 3.26. The van der Waals surface area contributed by atoms with Gasteiger partial charge in [0.15, 0.2) is 0 Å². The van der Waals surface area contributed by atoms with Gasteiger partial charge in [0.1, 0.15) is 5.82 Å². The number of carbonyl (C=O) groups excluding carboxylic acids is 1. The van der Waals surface area contributed by atoms with E-state index in [0.717, 1.165) is 17.7 Å². The Hall–Kier alpha value is -2.61. The van der Waals surface area contributed by atoms with Gasteiger partial charge in [-0.2, -0.15) is 13.2 Å². The van der Waals surface area contributed by atoms with Crippen LogP contribution in [0.1, 0.15) is 33.0 Å². The van der Waals surface area contributed by atoms with Gasteiger partial charge >= 0.3 is 6.18 Å². The molecule has 3 nitrogen and oxygen atoms in total. The third-order valence-corrected chi connectivity index (χ3v) is 7.04. The van der Waals surface area contributed by atoms with Crippen LogP contribution in [0, 0.1) is 5.82 Å². The zero-order valence-electron chi connectivity index (χ0n) is 18.7. The highest BCUT2D eigenvalue weighted by molar-refractivity contribution is 6.42. The summed E-state index contributed by atoms with van der Waals surface area (Å²) in [6.45, 7) is 1.01. The van der Waals surface area contributed by atoms with E-state index in [2.05, 4.69) is 0 Å². The molecule has 0 aliphatic carbocycles. The molecule has 1 heterocycles. The number of hydrogen-bond acceptors (Lipinski definition) is 2. The maximum Gasteiger partial charge on any atom is 0.419 e. The minimum atomic E-state index is -4.75. The normalized spacial score (nSPS) is 18.3. The fraction of sp³-hybridized carbons (Fsp3) is 0.269. The van der Waals surface area contributed by atoms with E-state index in [1.807, 2.05) is 17.0 Å². The standard InChI is InChI=1S/C26H22Cl2F4N2O/c1-33(13-16-7-9-20(23(29)11-16)26(30,31)32)24-15-34(25(35)17-5-3-2-4-6-17)14-19(24)18-8-10-21(27)22(28)12-18/h2-12,19,24H,13-15H2,1H3/t19-,24-/m1/s1. The molecule has 0 N–H and O–H groups in total. The number of hydrogen-bond donors (Lipinski definition) is 0. The van der Waals surface area contributed by atoms with Crippen LogP contribution in [-0.4, -0.2) is 41.9 Å². The minimum Gasteiger partial charge on any atom is -0.336 e. The molecule has 2 atom stereocenters. The predicted molar refractivity (Wildman–Crippen MR) is 128 cm³/mol. The lowest BCUT2D eigenvalue weighted by Crippen LogP contribution is -2.38. The van der Waals surface area contributed by atoms with Crippen molar-refractivity contribution in [2.75, 3.05) is 20.1 Å². The highest BCUT2D eigenvalue weighted by Crippen LogP contribution is 2.36. The van der Waals surface area contributed by atoms with E-state index in [1.165, 1.54) is 6.07 Å². The Balaban J connectivity index is 1.61. The predicted octanol–water partition coefficient (Wildman–Crippen LogP) is 6.89. The van der Waals surface area contributed by atoms with Crippen LogP contribution >= 0.6 is 23.2 Å². The molecule has 1 fully saturated rings. The Kier molecular flexibility index (Phi) is 7.40. The molecule has 35 heavy (non-hydrogen) atoms. The van der Waals surface area contributed by atoms with Gasteiger partial charge in [0.05, 0.1) is 15.6 Å². The van der Waals surface area contributed by atoms with Gasteiger partial charge in [0, 0.05) is 37.2 Å². The third-order valence-electron chi connectivity index (χ3n) is 6.31. The first-order valence-electron chi connectivity index (χ1n) is 10.9. The SMILES string of the molecule is CN(Cc1ccc(C(F)(F)F)c(F)c1)[C@@H]1CN(C(=O)c2ccccc2)C[C@@H]1c1ccc(Cl)c(Cl)c1. The first kappa shape index (κ1) is 25.5. The Bertz CT molecular complexity index is 1220. The van der Waals surface area contributed by atoms with E-state index in [-0.39, 0.29) is 24.4 Å². The number of amides is 1. The molecule has 0 unspecified atom stereocenters. The van der Waals surface area contributed by atoms with Crippen LogP contribution < -0.4 is 0 Å². The highest BCUT2D eigenvalue weighted by atomic mass is 35.5. The average molecular weight is 525 g/mol. The van der Waals surface area contributed by atoms with E-state index in [0.29, 0.717) is 34.3 Å². The van der Waals surface area contributed by atoms with Crippen molar-refractivity contribution in [2.24, 2.45) is 0 Å². The van der Waals surface area contributed by atoms with Gasteiger partial charge < -0.3 is 4.90 Å². The fourth-order valence-corrected chi connectivity index (χ4v) is 4.83. The lowest BCUT2D eigenvalue weighted by atomic mass is 9.93. The molecule has 0 aromatic heterocycles. The number of alkyl halides is 3. The molecule has 184 valence electrons. The van der Waals surface area contributed by atoms with Crippen molar-refractivity contribution in [3.8, 4) is 0 Å². The van der Waals surface area contributed by atoms with Gasteiger partial charge in [0.25, 0.3) is 5.91 Å². The van der Waals surface area contributed by atoms with Crippen LogP contribution in [0.25, 0.3) is 0 Å². The number of halogens is 6. The maximum absolute atomic E-state index is 14.1. The van der Waals surface area contributed by atoms with Crippen LogP contribution in [0.4, 0.5) is 17.6 Å². The summed E-state index contributed by atoms with van der Waals surface area (Å²) in [6, 6.07) is 17.0. The molecule has 0 bridgehead atoms. The van der Waals surface area contributed by atoms with E-state index < -0.39 is 17.6 Å². The molecular weight excluding hydrogens is 503 g/mol. The minimum absolute atomic E-state index is 0.118. The summed E-state index contributed by atoms with van der Waals surface area (Å²) in [6.07, 6.45) is -4.75. The summed E-state index contributed by atoms with van der Waals surface area (Å²) in [5, 5.41) is 0.805. The topological polar surface area (TPSA) is 23.6 Å². The molecule has 3 aromatic rings. The highest BCUT2D eigenvalue weighted by Gasteiger charge is 2.39. The molecule has 0 saturated carbocycles. The van der Waals surface area contributed by atoms with Gasteiger partial charge in [-0.05, 0) is 54.6 Å². The number of rotatable bonds is 5. The first-order chi connectivity index (χ1) is 16.5. The van der Waals surface area contributed by atoms with Gasteiger partial charge in [-0.3, -0.25) is 9.69 Å². The molecule has 4 rings (SSSR count). The Morgan fingerprint density at radius 3 is 2.34 bits per heavy atom. The monoisotopic (exact) mass is 524 g/mol. The largest absolute Gasteiger partial charge is 0.419 e. The number of benzene rings is 3. The summed E-state index contributed by atoms with van der Waals surface area (Å²) in [5.41, 5.74) is 0.559. The fourth-order valence-electron chi connectivity index (χ4n) is 4.53. The van der Waals surface area contributed by atoms with Crippen molar-refractivity contribution in [3.05, 3.63) is 105 Å². The van der Waals surface area contributed by atoms with Gasteiger partial charge in [-0.15, -0.1) is 0 Å². The van der Waals surface area contributed by atoms with Crippen LogP contribution in [0.15, 0.2) is 66.7 Å². The molecule has 1 aliphatic rings. The second-order valence-electron chi connectivity index (χ2n) is 8.65. The molecule has 1 saturated heterocycles. The smallest absolute Gasteiger partial charge is 0.336 e. The zero-order valence-corrected chi connectivity index (χ0v) is 20.2. The second-order valence-corrected chi connectivity index (χ2v) is 9.47. The Morgan fingerprint density at radius 1 is 1.00 bits per heavy atom. The molecule has 0 spiro atoms. The summed E-state index contributed by atoms with van der Waals surface area (Å²) in [7, 11) is 1.81. The van der Waals surface area contributed by atoms with E-state index >= 15 is 0 Å². The lowest BCUT2D eigenvalue weighted by Gasteiger charge is -2.29. The maximum atomic E-state index is 14.1. The third kappa shape index (κ3) is 5.63. The molecule has 3 aromatic carbocycles. The van der Waals surface area contributed by atoms with Crippen LogP contribution in [-0.2, 0) is 12.7 Å². The number of nitrogens with zero attached hydrogens (tertiary/aromatic N) is 2. The lowest BCUT2D eigenvalue weighted by molar-refractivity contribution is -0.140. The Morgan fingerprint density at radius 2 is 1.71 bits per heavy atom. The molecule has 0 radical (unpaired) electrons. The van der Waals surface area contributed by atoms with Crippen LogP contribution in [0.3, 0.4) is 0 Å². The van der Waals surface area contributed by atoms with Crippen molar-refractivity contribution in [2.45, 2.75) is 24.7 Å². The second kappa shape index (κ2) is 10.2. The number of likely N-dealkylation sites (tertiary alicyclic amines) is 1. The summed E-state index contributed by atoms with van der Waals surface area (Å²) in [5.74, 6) is -1.56. The van der Waals surface area contributed by atoms with Crippen molar-refractivity contribution in [1.82, 2.24) is 9.80 Å². The number of likely N-dealkylation sites (N-methyl/N-ethyl adjacent to an activating group) is 1. The Labute approximate surface area is 210 Å². The van der Waals surface area contributed by atoms with Gasteiger partial charge in [0.2, 0.25) is 0 Å². The van der Waals surface area contributed by atoms with Gasteiger partial charge in [-0.25, -0.2) is 4.39 Å². The van der Waals surface area contributed by atoms with E-state index in [4.69, 9.17) is 23.2 Å². The van der Waals surface area contributed by atoms with Crippen molar-refractivity contribution >= 4 is 29.1 Å². The molecular formula is C26H22Cl2F4N2O. The molecule has 1 amide bonds.